The molecule has 4 N–H and O–H groups in total. The number of hydrogen-bond donors (Lipinski definition) is 4. The molecule has 0 heterocycles. The number of nitrogens with one attached hydrogen (secondary N) is 4. The predicted octanol–water partition coefficient (Wildman–Crippen LogP) is 0.718. The van der Waals surface area contributed by atoms with Gasteiger partial charge in [-0.25, -0.2) is 0 Å². The SMILES string of the molecule is COC[C@H](C)NC(=S)NNC(=O)Cc1ccc(NC(C)=O)cc1. The first-order valence-corrected chi connectivity index (χ1v) is 7.52. The molecule has 1 aromatic carbocycles. The van der Waals surface area contributed by atoms with Crippen molar-refractivity contribution in [3.63, 3.8) is 0 Å². The number of methoxy groups -OCH3 is 1. The Morgan fingerprint density at radius 2 is 1.87 bits per heavy atom. The summed E-state index contributed by atoms with van der Waals surface area (Å²) >= 11 is 5.05. The van der Waals surface area contributed by atoms with E-state index < -0.39 is 0 Å². The minimum atomic E-state index is -0.221. The second-order valence-corrected chi connectivity index (χ2v) is 5.47. The van der Waals surface area contributed by atoms with E-state index in [4.69, 9.17) is 17.0 Å². The summed E-state index contributed by atoms with van der Waals surface area (Å²) in [6.07, 6.45) is 0.198. The lowest BCUT2D eigenvalue weighted by molar-refractivity contribution is -0.121. The van der Waals surface area contributed by atoms with Crippen LogP contribution >= 0.6 is 12.2 Å². The van der Waals surface area contributed by atoms with Crippen LogP contribution in [0.25, 0.3) is 0 Å². The Labute approximate surface area is 141 Å². The number of hydrogen-bond acceptors (Lipinski definition) is 4. The number of carbonyl (C=O) groups excluding carboxylic acids is 2. The van der Waals surface area contributed by atoms with Gasteiger partial charge in [0.15, 0.2) is 5.11 Å². The van der Waals surface area contributed by atoms with Crippen LogP contribution in [0.5, 0.6) is 0 Å². The first kappa shape index (κ1) is 18.9. The van der Waals surface area contributed by atoms with Crippen LogP contribution < -0.4 is 21.5 Å². The highest BCUT2D eigenvalue weighted by atomic mass is 32.1. The van der Waals surface area contributed by atoms with E-state index in [0.717, 1.165) is 5.56 Å². The van der Waals surface area contributed by atoms with Crippen LogP contribution in [0.4, 0.5) is 5.69 Å². The molecule has 0 bridgehead atoms. The summed E-state index contributed by atoms with van der Waals surface area (Å²) in [5.41, 5.74) is 6.68. The lowest BCUT2D eigenvalue weighted by atomic mass is 10.1. The number of thiocarbonyl (C=S) groups is 1. The third kappa shape index (κ3) is 8.12. The Balaban J connectivity index is 2.36. The molecule has 0 aliphatic rings. The molecule has 0 radical (unpaired) electrons. The molecule has 0 saturated carbocycles. The number of hydrazine groups is 1. The average Bonchev–Trinajstić information content (AvgIpc) is 2.47. The number of rotatable bonds is 6. The maximum atomic E-state index is 11.8. The smallest absolute Gasteiger partial charge is 0.242 e. The Kier molecular flexibility index (Phi) is 8.00. The molecule has 126 valence electrons. The zero-order chi connectivity index (χ0) is 17.2. The molecule has 0 spiro atoms. The van der Waals surface area contributed by atoms with Gasteiger partial charge in [0.05, 0.1) is 13.0 Å². The van der Waals surface area contributed by atoms with Crippen molar-refractivity contribution in [2.45, 2.75) is 26.3 Å². The summed E-state index contributed by atoms with van der Waals surface area (Å²) < 4.78 is 4.98. The largest absolute Gasteiger partial charge is 0.383 e. The van der Waals surface area contributed by atoms with Gasteiger partial charge in [0, 0.05) is 25.8 Å². The Morgan fingerprint density at radius 1 is 1.22 bits per heavy atom. The highest BCUT2D eigenvalue weighted by Crippen LogP contribution is 2.09. The third-order valence-electron chi connectivity index (χ3n) is 2.75. The van der Waals surface area contributed by atoms with Crippen molar-refractivity contribution in [1.29, 1.82) is 0 Å². The van der Waals surface area contributed by atoms with Crippen molar-refractivity contribution in [1.82, 2.24) is 16.2 Å². The molecular formula is C15H22N4O3S. The van der Waals surface area contributed by atoms with Crippen LogP contribution in [0.15, 0.2) is 24.3 Å². The molecule has 23 heavy (non-hydrogen) atoms. The Hall–Kier alpha value is -2.19. The van der Waals surface area contributed by atoms with E-state index in [1.54, 1.807) is 31.4 Å². The average molecular weight is 338 g/mol. The lowest BCUT2D eigenvalue weighted by Gasteiger charge is -2.16. The molecule has 0 aromatic heterocycles. The predicted molar refractivity (Wildman–Crippen MR) is 92.8 cm³/mol. The van der Waals surface area contributed by atoms with Gasteiger partial charge in [-0.15, -0.1) is 0 Å². The maximum Gasteiger partial charge on any atom is 0.242 e. The van der Waals surface area contributed by atoms with Crippen LogP contribution in [-0.2, 0) is 20.7 Å². The van der Waals surface area contributed by atoms with Gasteiger partial charge in [-0.3, -0.25) is 20.4 Å². The number of anilines is 1. The van der Waals surface area contributed by atoms with Crippen LogP contribution in [-0.4, -0.2) is 36.7 Å². The zero-order valence-electron chi connectivity index (χ0n) is 13.4. The molecule has 2 amide bonds. The van der Waals surface area contributed by atoms with Gasteiger partial charge in [-0.2, -0.15) is 0 Å². The van der Waals surface area contributed by atoms with Gasteiger partial charge in [-0.1, -0.05) is 12.1 Å². The van der Waals surface area contributed by atoms with Crippen LogP contribution in [0.3, 0.4) is 0 Å². The van der Waals surface area contributed by atoms with Gasteiger partial charge in [-0.05, 0) is 36.8 Å². The van der Waals surface area contributed by atoms with E-state index in [-0.39, 0.29) is 24.3 Å². The highest BCUT2D eigenvalue weighted by Gasteiger charge is 2.06. The molecule has 1 atom stereocenters. The third-order valence-corrected chi connectivity index (χ3v) is 2.97. The summed E-state index contributed by atoms with van der Waals surface area (Å²) in [7, 11) is 1.60. The Morgan fingerprint density at radius 3 is 2.43 bits per heavy atom. The molecule has 0 unspecified atom stereocenters. The fourth-order valence-corrected chi connectivity index (χ4v) is 2.07. The van der Waals surface area contributed by atoms with Crippen molar-refractivity contribution < 1.29 is 14.3 Å². The van der Waals surface area contributed by atoms with E-state index in [0.29, 0.717) is 17.4 Å². The number of amides is 2. The lowest BCUT2D eigenvalue weighted by Crippen LogP contribution is -2.50. The van der Waals surface area contributed by atoms with Crippen molar-refractivity contribution >= 4 is 34.8 Å². The molecule has 7 nitrogen and oxygen atoms in total. The summed E-state index contributed by atoms with van der Waals surface area (Å²) in [4.78, 5) is 22.8. The molecule has 1 aromatic rings. The first-order chi connectivity index (χ1) is 10.9. The summed E-state index contributed by atoms with van der Waals surface area (Å²) in [6, 6.07) is 7.09. The fourth-order valence-electron chi connectivity index (χ4n) is 1.82. The Bertz CT molecular complexity index is 548. The highest BCUT2D eigenvalue weighted by molar-refractivity contribution is 7.80. The molecule has 8 heteroatoms. The number of ether oxygens (including phenoxy) is 1. The van der Waals surface area contributed by atoms with Gasteiger partial charge >= 0.3 is 0 Å². The van der Waals surface area contributed by atoms with E-state index in [1.807, 2.05) is 6.92 Å². The summed E-state index contributed by atoms with van der Waals surface area (Å²) in [6.45, 7) is 3.86. The summed E-state index contributed by atoms with van der Waals surface area (Å²) in [5.74, 6) is -0.357. The number of carbonyl (C=O) groups is 2. The standard InChI is InChI=1S/C15H22N4O3S/c1-10(9-22-3)16-15(23)19-18-14(21)8-12-4-6-13(7-5-12)17-11(2)20/h4-7,10H,8-9H2,1-3H3,(H,17,20)(H,18,21)(H2,16,19,23)/t10-/m0/s1. The minimum absolute atomic E-state index is 0.0400. The normalized spacial score (nSPS) is 11.3. The topological polar surface area (TPSA) is 91.5 Å². The monoisotopic (exact) mass is 338 g/mol. The number of benzene rings is 1. The van der Waals surface area contributed by atoms with Crippen LogP contribution in [0.2, 0.25) is 0 Å². The van der Waals surface area contributed by atoms with Crippen molar-refractivity contribution in [2.24, 2.45) is 0 Å². The van der Waals surface area contributed by atoms with Gasteiger partial charge in [0.2, 0.25) is 11.8 Å². The zero-order valence-corrected chi connectivity index (χ0v) is 14.3. The second-order valence-electron chi connectivity index (χ2n) is 5.06. The van der Waals surface area contributed by atoms with Crippen LogP contribution in [0.1, 0.15) is 19.4 Å². The fraction of sp³-hybridized carbons (Fsp3) is 0.400. The molecular weight excluding hydrogens is 316 g/mol. The van der Waals surface area contributed by atoms with Gasteiger partial charge in [0.1, 0.15) is 0 Å². The van der Waals surface area contributed by atoms with Gasteiger partial charge in [0.25, 0.3) is 0 Å². The van der Waals surface area contributed by atoms with Crippen molar-refractivity contribution in [3.05, 3.63) is 29.8 Å². The van der Waals surface area contributed by atoms with E-state index >= 15 is 0 Å². The van der Waals surface area contributed by atoms with Crippen molar-refractivity contribution in [2.75, 3.05) is 19.0 Å². The molecule has 0 fully saturated rings. The van der Waals surface area contributed by atoms with Crippen LogP contribution in [0, 0.1) is 0 Å². The van der Waals surface area contributed by atoms with E-state index in [1.165, 1.54) is 6.92 Å². The molecule has 1 rings (SSSR count). The molecule has 0 aliphatic heterocycles. The summed E-state index contributed by atoms with van der Waals surface area (Å²) in [5, 5.41) is 5.96. The second kappa shape index (κ2) is 9.75. The van der Waals surface area contributed by atoms with E-state index in [9.17, 15) is 9.59 Å². The first-order valence-electron chi connectivity index (χ1n) is 7.11. The van der Waals surface area contributed by atoms with Gasteiger partial charge < -0.3 is 15.4 Å². The maximum absolute atomic E-state index is 11.8. The van der Waals surface area contributed by atoms with E-state index in [2.05, 4.69) is 21.5 Å². The molecule has 0 saturated heterocycles. The van der Waals surface area contributed by atoms with Crippen molar-refractivity contribution in [3.8, 4) is 0 Å². The minimum Gasteiger partial charge on any atom is -0.383 e. The quantitative estimate of drug-likeness (QED) is 0.451. The molecule has 0 aliphatic carbocycles.